The Kier molecular flexibility index (Phi) is 4.98. The molecule has 6 heteroatoms. The van der Waals surface area contributed by atoms with Crippen molar-refractivity contribution < 1.29 is 19.2 Å². The van der Waals surface area contributed by atoms with Gasteiger partial charge in [0.1, 0.15) is 0 Å². The van der Waals surface area contributed by atoms with E-state index in [1.54, 1.807) is 11.0 Å². The summed E-state index contributed by atoms with van der Waals surface area (Å²) in [6, 6.07) is 1.47. The molecule has 1 aliphatic heterocycles. The third-order valence-corrected chi connectivity index (χ3v) is 4.19. The summed E-state index contributed by atoms with van der Waals surface area (Å²) in [5.41, 5.74) is 0.803. The van der Waals surface area contributed by atoms with E-state index in [9.17, 15) is 9.59 Å². The Labute approximate surface area is 124 Å². The molecular formula is C15H22N2O4. The van der Waals surface area contributed by atoms with Crippen LogP contribution in [0.15, 0.2) is 10.6 Å². The molecule has 1 fully saturated rings. The lowest BCUT2D eigenvalue weighted by Gasteiger charge is -2.21. The average Bonchev–Trinajstić information content (AvgIpc) is 3.08. The van der Waals surface area contributed by atoms with Gasteiger partial charge in [0.15, 0.2) is 0 Å². The Morgan fingerprint density at radius 3 is 2.81 bits per heavy atom. The number of likely N-dealkylation sites (tertiary alicyclic amines) is 1. The molecule has 2 rings (SSSR count). The third kappa shape index (κ3) is 3.43. The molecule has 1 N–H and O–H groups in total. The summed E-state index contributed by atoms with van der Waals surface area (Å²) in [5.74, 6) is -0.615. The van der Waals surface area contributed by atoms with Crippen LogP contribution in [0.3, 0.4) is 0 Å². The van der Waals surface area contributed by atoms with Gasteiger partial charge in [-0.15, -0.1) is 0 Å². The van der Waals surface area contributed by atoms with Crippen molar-refractivity contribution in [1.82, 2.24) is 10.1 Å². The van der Waals surface area contributed by atoms with E-state index < -0.39 is 5.97 Å². The zero-order valence-corrected chi connectivity index (χ0v) is 12.5. The molecule has 1 aliphatic rings. The van der Waals surface area contributed by atoms with Crippen LogP contribution in [0.1, 0.15) is 68.1 Å². The summed E-state index contributed by atoms with van der Waals surface area (Å²) in [7, 11) is 0. The summed E-state index contributed by atoms with van der Waals surface area (Å²) < 4.78 is 5.19. The van der Waals surface area contributed by atoms with Gasteiger partial charge in [0.2, 0.25) is 5.76 Å². The predicted octanol–water partition coefficient (Wildman–Crippen LogP) is 2.66. The molecule has 116 valence electrons. The number of aliphatic carboxylic acids is 1. The lowest BCUT2D eigenvalue weighted by Crippen LogP contribution is -2.36. The molecule has 0 aliphatic carbocycles. The first-order valence-electron chi connectivity index (χ1n) is 7.56. The molecule has 1 aromatic heterocycles. The summed E-state index contributed by atoms with van der Waals surface area (Å²) in [6.07, 6.45) is 3.44. The van der Waals surface area contributed by atoms with E-state index in [0.29, 0.717) is 12.5 Å². The number of rotatable bonds is 6. The van der Waals surface area contributed by atoms with Crippen molar-refractivity contribution in [3.05, 3.63) is 17.5 Å². The van der Waals surface area contributed by atoms with E-state index >= 15 is 0 Å². The van der Waals surface area contributed by atoms with Crippen molar-refractivity contribution in [3.63, 3.8) is 0 Å². The Bertz CT molecular complexity index is 508. The first kappa shape index (κ1) is 15.5. The van der Waals surface area contributed by atoms with Gasteiger partial charge in [-0.25, -0.2) is 0 Å². The van der Waals surface area contributed by atoms with Crippen LogP contribution in [-0.2, 0) is 4.79 Å². The zero-order valence-electron chi connectivity index (χ0n) is 12.5. The summed E-state index contributed by atoms with van der Waals surface area (Å²) in [4.78, 5) is 24.9. The fourth-order valence-corrected chi connectivity index (χ4v) is 2.95. The lowest BCUT2D eigenvalue weighted by atomic mass is 9.99. The smallest absolute Gasteiger partial charge is 0.305 e. The maximum Gasteiger partial charge on any atom is 0.305 e. The minimum atomic E-state index is -0.880. The van der Waals surface area contributed by atoms with E-state index in [-0.39, 0.29) is 24.1 Å². The molecule has 1 saturated heterocycles. The highest BCUT2D eigenvalue weighted by atomic mass is 16.5. The molecule has 0 aromatic carbocycles. The average molecular weight is 294 g/mol. The summed E-state index contributed by atoms with van der Waals surface area (Å²) in [6.45, 7) is 4.74. The Morgan fingerprint density at radius 2 is 2.19 bits per heavy atom. The molecule has 0 radical (unpaired) electrons. The standard InChI is InChI=1S/C15H22N2O4/c1-3-10(4-2)12-9-13(21-16-12)15(20)17-7-5-6-11(17)8-14(18)19/h9-11H,3-8H2,1-2H3,(H,18,19). The van der Waals surface area contributed by atoms with E-state index in [2.05, 4.69) is 19.0 Å². The second-order valence-electron chi connectivity index (χ2n) is 5.52. The van der Waals surface area contributed by atoms with Crippen molar-refractivity contribution in [2.75, 3.05) is 6.54 Å². The first-order chi connectivity index (χ1) is 10.1. The lowest BCUT2D eigenvalue weighted by molar-refractivity contribution is -0.137. The number of amides is 1. The van der Waals surface area contributed by atoms with E-state index in [0.717, 1.165) is 31.4 Å². The molecule has 6 nitrogen and oxygen atoms in total. The summed E-state index contributed by atoms with van der Waals surface area (Å²) >= 11 is 0. The van der Waals surface area contributed by atoms with Gasteiger partial charge in [-0.3, -0.25) is 9.59 Å². The molecule has 2 heterocycles. The molecule has 0 saturated carbocycles. The van der Waals surface area contributed by atoms with Gasteiger partial charge in [0.25, 0.3) is 5.91 Å². The van der Waals surface area contributed by atoms with Gasteiger partial charge in [-0.2, -0.15) is 0 Å². The van der Waals surface area contributed by atoms with Gasteiger partial charge in [-0.1, -0.05) is 19.0 Å². The van der Waals surface area contributed by atoms with Gasteiger partial charge in [-0.05, 0) is 25.7 Å². The molecule has 1 atom stereocenters. The normalized spacial score (nSPS) is 18.4. The number of nitrogens with zero attached hydrogens (tertiary/aromatic N) is 2. The van der Waals surface area contributed by atoms with Crippen LogP contribution >= 0.6 is 0 Å². The molecule has 1 amide bonds. The highest BCUT2D eigenvalue weighted by Gasteiger charge is 2.33. The van der Waals surface area contributed by atoms with Crippen molar-refractivity contribution >= 4 is 11.9 Å². The summed E-state index contributed by atoms with van der Waals surface area (Å²) in [5, 5.41) is 12.9. The van der Waals surface area contributed by atoms with Crippen LogP contribution in [0.4, 0.5) is 0 Å². The van der Waals surface area contributed by atoms with E-state index in [1.165, 1.54) is 0 Å². The number of carboxylic acid groups (broad SMARTS) is 1. The Hall–Kier alpha value is -1.85. The second-order valence-corrected chi connectivity index (χ2v) is 5.52. The Balaban J connectivity index is 2.10. The molecule has 0 spiro atoms. The van der Waals surface area contributed by atoms with Crippen molar-refractivity contribution in [3.8, 4) is 0 Å². The van der Waals surface area contributed by atoms with Crippen LogP contribution in [-0.4, -0.2) is 39.6 Å². The van der Waals surface area contributed by atoms with Gasteiger partial charge in [0.05, 0.1) is 12.1 Å². The zero-order chi connectivity index (χ0) is 15.4. The first-order valence-corrected chi connectivity index (χ1v) is 7.56. The molecule has 1 unspecified atom stereocenters. The van der Waals surface area contributed by atoms with Crippen LogP contribution in [0.25, 0.3) is 0 Å². The number of carbonyl (C=O) groups is 2. The minimum Gasteiger partial charge on any atom is -0.481 e. The maximum atomic E-state index is 12.5. The number of carboxylic acids is 1. The van der Waals surface area contributed by atoms with E-state index in [4.69, 9.17) is 9.63 Å². The van der Waals surface area contributed by atoms with Crippen LogP contribution in [0.5, 0.6) is 0 Å². The van der Waals surface area contributed by atoms with Crippen molar-refractivity contribution in [2.24, 2.45) is 0 Å². The topological polar surface area (TPSA) is 83.6 Å². The predicted molar refractivity (Wildman–Crippen MR) is 76.1 cm³/mol. The van der Waals surface area contributed by atoms with Crippen LogP contribution < -0.4 is 0 Å². The number of aromatic nitrogens is 1. The monoisotopic (exact) mass is 294 g/mol. The van der Waals surface area contributed by atoms with Gasteiger partial charge >= 0.3 is 5.97 Å². The maximum absolute atomic E-state index is 12.5. The highest BCUT2D eigenvalue weighted by Crippen LogP contribution is 2.26. The largest absolute Gasteiger partial charge is 0.481 e. The molecule has 21 heavy (non-hydrogen) atoms. The number of carbonyl (C=O) groups excluding carboxylic acids is 1. The number of hydrogen-bond donors (Lipinski definition) is 1. The molecule has 0 bridgehead atoms. The molecule has 1 aromatic rings. The highest BCUT2D eigenvalue weighted by molar-refractivity contribution is 5.92. The van der Waals surface area contributed by atoms with Crippen molar-refractivity contribution in [2.45, 2.75) is 57.9 Å². The van der Waals surface area contributed by atoms with Crippen LogP contribution in [0, 0.1) is 0 Å². The second kappa shape index (κ2) is 6.74. The quantitative estimate of drug-likeness (QED) is 0.872. The fourth-order valence-electron chi connectivity index (χ4n) is 2.95. The van der Waals surface area contributed by atoms with Crippen molar-refractivity contribution in [1.29, 1.82) is 0 Å². The van der Waals surface area contributed by atoms with Crippen LogP contribution in [0.2, 0.25) is 0 Å². The SMILES string of the molecule is CCC(CC)c1cc(C(=O)N2CCCC2CC(=O)O)on1. The fraction of sp³-hybridized carbons (Fsp3) is 0.667. The van der Waals surface area contributed by atoms with Gasteiger partial charge in [0, 0.05) is 24.6 Å². The third-order valence-electron chi connectivity index (χ3n) is 4.19. The minimum absolute atomic E-state index is 0.0146. The Morgan fingerprint density at radius 1 is 1.48 bits per heavy atom. The van der Waals surface area contributed by atoms with E-state index in [1.807, 2.05) is 0 Å². The number of hydrogen-bond acceptors (Lipinski definition) is 4. The molecular weight excluding hydrogens is 272 g/mol. The van der Waals surface area contributed by atoms with Gasteiger partial charge < -0.3 is 14.5 Å².